The van der Waals surface area contributed by atoms with Crippen LogP contribution in [0.2, 0.25) is 0 Å². The number of amides is 1. The molecule has 1 aromatic heterocycles. The summed E-state index contributed by atoms with van der Waals surface area (Å²) in [6.07, 6.45) is 4.53. The quantitative estimate of drug-likeness (QED) is 0.423. The molecule has 0 spiro atoms. The van der Waals surface area contributed by atoms with Crippen molar-refractivity contribution in [1.82, 2.24) is 14.8 Å². The molecule has 0 aliphatic carbocycles. The van der Waals surface area contributed by atoms with Crippen LogP contribution in [0, 0.1) is 0 Å². The maximum absolute atomic E-state index is 12.6. The van der Waals surface area contributed by atoms with Gasteiger partial charge in [0, 0.05) is 29.1 Å². The van der Waals surface area contributed by atoms with E-state index in [0.29, 0.717) is 5.75 Å². The molecule has 6 heteroatoms. The molecule has 0 fully saturated rings. The van der Waals surface area contributed by atoms with Gasteiger partial charge in [0.2, 0.25) is 5.91 Å². The summed E-state index contributed by atoms with van der Waals surface area (Å²) in [6, 6.07) is 22.4. The molecule has 4 aromatic rings. The monoisotopic (exact) mass is 428 g/mol. The van der Waals surface area contributed by atoms with Crippen molar-refractivity contribution in [2.45, 2.75) is 37.1 Å². The number of nitrogens with one attached hydrogen (secondary N) is 1. The Morgan fingerprint density at radius 3 is 2.77 bits per heavy atom. The molecule has 0 saturated heterocycles. The lowest BCUT2D eigenvalue weighted by Crippen LogP contribution is -2.14. The fourth-order valence-corrected chi connectivity index (χ4v) is 4.78. The average molecular weight is 429 g/mol. The van der Waals surface area contributed by atoms with Gasteiger partial charge in [-0.3, -0.25) is 4.79 Å². The SMILES string of the molecule is O=C(CSc1ccc2ccccc2c1)Nc1cccc(-c2nnc3n2CCCCC3)c1. The number of fused-ring (bicyclic) bond motifs is 2. The highest BCUT2D eigenvalue weighted by molar-refractivity contribution is 8.00. The Balaban J connectivity index is 1.26. The number of hydrogen-bond acceptors (Lipinski definition) is 4. The standard InChI is InChI=1S/C25H24N4OS/c30-24(17-31-22-13-12-18-7-3-4-8-19(18)16-22)26-21-10-6-9-20(15-21)25-28-27-23-11-2-1-5-14-29(23)25/h3-4,6-10,12-13,15-16H,1-2,5,11,14,17H2,(H,26,30). The van der Waals surface area contributed by atoms with Crippen LogP contribution in [-0.2, 0) is 17.8 Å². The Bertz CT molecular complexity index is 1230. The molecule has 0 saturated carbocycles. The van der Waals surface area contributed by atoms with Crippen molar-refractivity contribution in [1.29, 1.82) is 0 Å². The van der Waals surface area contributed by atoms with Crippen LogP contribution in [0.5, 0.6) is 0 Å². The zero-order chi connectivity index (χ0) is 21.0. The van der Waals surface area contributed by atoms with Crippen LogP contribution >= 0.6 is 11.8 Å². The van der Waals surface area contributed by atoms with Crippen molar-refractivity contribution < 1.29 is 4.79 Å². The first-order valence-electron chi connectivity index (χ1n) is 10.7. The zero-order valence-electron chi connectivity index (χ0n) is 17.3. The van der Waals surface area contributed by atoms with Gasteiger partial charge in [-0.15, -0.1) is 22.0 Å². The maximum Gasteiger partial charge on any atom is 0.234 e. The van der Waals surface area contributed by atoms with Crippen LogP contribution in [-0.4, -0.2) is 26.4 Å². The molecule has 3 aromatic carbocycles. The topological polar surface area (TPSA) is 59.8 Å². The molecule has 156 valence electrons. The predicted molar refractivity (Wildman–Crippen MR) is 126 cm³/mol. The van der Waals surface area contributed by atoms with Crippen LogP contribution in [0.25, 0.3) is 22.2 Å². The summed E-state index contributed by atoms with van der Waals surface area (Å²) in [4.78, 5) is 13.7. The highest BCUT2D eigenvalue weighted by Crippen LogP contribution is 2.26. The maximum atomic E-state index is 12.6. The van der Waals surface area contributed by atoms with Gasteiger partial charge >= 0.3 is 0 Å². The fourth-order valence-electron chi connectivity index (χ4n) is 4.04. The molecule has 0 bridgehead atoms. The minimum absolute atomic E-state index is 0.0182. The Morgan fingerprint density at radius 1 is 0.935 bits per heavy atom. The van der Waals surface area contributed by atoms with Gasteiger partial charge in [0.1, 0.15) is 5.82 Å². The Hall–Kier alpha value is -3.12. The van der Waals surface area contributed by atoms with Crippen molar-refractivity contribution in [3.8, 4) is 11.4 Å². The molecule has 1 amide bonds. The van der Waals surface area contributed by atoms with E-state index in [4.69, 9.17) is 0 Å². The van der Waals surface area contributed by atoms with Crippen molar-refractivity contribution in [2.75, 3.05) is 11.1 Å². The molecule has 1 aliphatic heterocycles. The third-order valence-electron chi connectivity index (χ3n) is 5.60. The molecule has 31 heavy (non-hydrogen) atoms. The molecule has 0 radical (unpaired) electrons. The highest BCUT2D eigenvalue weighted by atomic mass is 32.2. The van der Waals surface area contributed by atoms with Crippen molar-refractivity contribution in [3.63, 3.8) is 0 Å². The number of benzene rings is 3. The smallest absolute Gasteiger partial charge is 0.234 e. The van der Waals surface area contributed by atoms with E-state index in [9.17, 15) is 4.79 Å². The van der Waals surface area contributed by atoms with E-state index in [1.807, 2.05) is 36.4 Å². The summed E-state index contributed by atoms with van der Waals surface area (Å²) in [5.41, 5.74) is 1.77. The van der Waals surface area contributed by atoms with Crippen LogP contribution in [0.15, 0.2) is 71.6 Å². The van der Waals surface area contributed by atoms with E-state index in [-0.39, 0.29) is 5.91 Å². The van der Waals surface area contributed by atoms with Gasteiger partial charge in [-0.2, -0.15) is 0 Å². The number of rotatable bonds is 5. The lowest BCUT2D eigenvalue weighted by atomic mass is 10.1. The minimum atomic E-state index is -0.0182. The van der Waals surface area contributed by atoms with Crippen molar-refractivity contribution in [2.24, 2.45) is 0 Å². The first-order chi connectivity index (χ1) is 15.3. The van der Waals surface area contributed by atoms with Crippen LogP contribution in [0.1, 0.15) is 25.1 Å². The second kappa shape index (κ2) is 8.94. The average Bonchev–Trinajstić information content (AvgIpc) is 3.06. The highest BCUT2D eigenvalue weighted by Gasteiger charge is 2.16. The number of aryl methyl sites for hydroxylation is 1. The number of carbonyl (C=O) groups excluding carboxylic acids is 1. The number of aromatic nitrogens is 3. The summed E-state index contributed by atoms with van der Waals surface area (Å²) in [5, 5.41) is 14.2. The van der Waals surface area contributed by atoms with Gasteiger partial charge in [-0.05, 0) is 47.9 Å². The first-order valence-corrected chi connectivity index (χ1v) is 11.7. The van der Waals surface area contributed by atoms with Crippen LogP contribution < -0.4 is 5.32 Å². The molecule has 5 nitrogen and oxygen atoms in total. The van der Waals surface area contributed by atoms with Gasteiger partial charge in [0.15, 0.2) is 5.82 Å². The van der Waals surface area contributed by atoms with Gasteiger partial charge in [-0.25, -0.2) is 0 Å². The number of hydrogen-bond donors (Lipinski definition) is 1. The summed E-state index contributed by atoms with van der Waals surface area (Å²) < 4.78 is 2.23. The third kappa shape index (κ3) is 4.49. The minimum Gasteiger partial charge on any atom is -0.325 e. The zero-order valence-corrected chi connectivity index (χ0v) is 18.1. The van der Waals surface area contributed by atoms with E-state index in [0.717, 1.165) is 47.2 Å². The van der Waals surface area contributed by atoms with E-state index >= 15 is 0 Å². The molecule has 0 unspecified atom stereocenters. The van der Waals surface area contributed by atoms with Gasteiger partial charge in [0.05, 0.1) is 5.75 Å². The summed E-state index contributed by atoms with van der Waals surface area (Å²) in [6.45, 7) is 0.955. The van der Waals surface area contributed by atoms with E-state index in [1.54, 1.807) is 11.8 Å². The summed E-state index contributed by atoms with van der Waals surface area (Å²) >= 11 is 1.55. The Morgan fingerprint density at radius 2 is 1.84 bits per heavy atom. The summed E-state index contributed by atoms with van der Waals surface area (Å²) in [5.74, 6) is 2.30. The number of anilines is 1. The van der Waals surface area contributed by atoms with Gasteiger partial charge in [0.25, 0.3) is 0 Å². The molecule has 5 rings (SSSR count). The van der Waals surface area contributed by atoms with E-state index in [1.165, 1.54) is 23.6 Å². The van der Waals surface area contributed by atoms with Crippen LogP contribution in [0.4, 0.5) is 5.69 Å². The molecule has 0 atom stereocenters. The molecule has 1 N–H and O–H groups in total. The van der Waals surface area contributed by atoms with Crippen molar-refractivity contribution >= 4 is 34.1 Å². The molecule has 2 heterocycles. The van der Waals surface area contributed by atoms with Crippen LogP contribution in [0.3, 0.4) is 0 Å². The van der Waals surface area contributed by atoms with Gasteiger partial charge < -0.3 is 9.88 Å². The second-order valence-electron chi connectivity index (χ2n) is 7.83. The van der Waals surface area contributed by atoms with E-state index in [2.05, 4.69) is 50.4 Å². The lowest BCUT2D eigenvalue weighted by molar-refractivity contribution is -0.113. The number of nitrogens with zero attached hydrogens (tertiary/aromatic N) is 3. The third-order valence-corrected chi connectivity index (χ3v) is 6.60. The Kier molecular flexibility index (Phi) is 5.71. The second-order valence-corrected chi connectivity index (χ2v) is 8.88. The first kappa shape index (κ1) is 19.8. The largest absolute Gasteiger partial charge is 0.325 e. The normalized spacial score (nSPS) is 13.5. The molecule has 1 aliphatic rings. The Labute approximate surface area is 185 Å². The van der Waals surface area contributed by atoms with Gasteiger partial charge in [-0.1, -0.05) is 48.9 Å². The lowest BCUT2D eigenvalue weighted by Gasteiger charge is -2.10. The fraction of sp³-hybridized carbons (Fsp3) is 0.240. The van der Waals surface area contributed by atoms with E-state index < -0.39 is 0 Å². The molecular weight excluding hydrogens is 404 g/mol. The predicted octanol–water partition coefficient (Wildman–Crippen LogP) is 5.56. The summed E-state index contributed by atoms with van der Waals surface area (Å²) in [7, 11) is 0. The van der Waals surface area contributed by atoms with Crippen molar-refractivity contribution in [3.05, 3.63) is 72.6 Å². The number of carbonyl (C=O) groups is 1. The number of thioether (sulfide) groups is 1. The molecular formula is C25H24N4OS.